The molecular formula is C25H29FN8O2. The predicted octanol–water partition coefficient (Wildman–Crippen LogP) is 3.49. The Hall–Kier alpha value is -3.36. The van der Waals surface area contributed by atoms with Gasteiger partial charge >= 0.3 is 0 Å². The zero-order valence-corrected chi connectivity index (χ0v) is 20.0. The second-order valence-electron chi connectivity index (χ2n) is 10.2. The van der Waals surface area contributed by atoms with Crippen LogP contribution in [0.1, 0.15) is 43.6 Å². The molecule has 2 aromatic rings. The highest BCUT2D eigenvalue weighted by Crippen LogP contribution is 2.70. The van der Waals surface area contributed by atoms with Crippen LogP contribution in [0, 0.1) is 29.1 Å². The minimum Gasteiger partial charge on any atom is -0.359 e. The quantitative estimate of drug-likeness (QED) is 0.234. The van der Waals surface area contributed by atoms with Crippen molar-refractivity contribution in [1.29, 1.82) is 5.26 Å². The minimum absolute atomic E-state index is 0.0647. The lowest BCUT2D eigenvalue weighted by Gasteiger charge is -2.33. The van der Waals surface area contributed by atoms with Crippen LogP contribution < -0.4 is 0 Å². The highest BCUT2D eigenvalue weighted by Gasteiger charge is 2.75. The van der Waals surface area contributed by atoms with Crippen LogP contribution in [-0.4, -0.2) is 69.4 Å². The average molecular weight is 493 g/mol. The van der Waals surface area contributed by atoms with Gasteiger partial charge < -0.3 is 14.6 Å². The number of nitrogens with one attached hydrogen (secondary N) is 1. The first-order chi connectivity index (χ1) is 17.7. The fourth-order valence-electron chi connectivity index (χ4n) is 5.37. The monoisotopic (exact) mass is 492 g/mol. The van der Waals surface area contributed by atoms with Gasteiger partial charge in [-0.15, -0.1) is 0 Å². The first-order valence-corrected chi connectivity index (χ1v) is 12.5. The molecule has 0 radical (unpaired) electrons. The number of aliphatic imine (C=N–C) groups is 2. The smallest absolute Gasteiger partial charge is 0.157 e. The lowest BCUT2D eigenvalue weighted by atomic mass is 9.90. The molecule has 1 saturated heterocycles. The fraction of sp³-hybridized carbons (Fsp3) is 0.560. The summed E-state index contributed by atoms with van der Waals surface area (Å²) in [6.45, 7) is 5.85. The molecule has 1 N–H and O–H groups in total. The predicted molar refractivity (Wildman–Crippen MR) is 130 cm³/mol. The molecule has 2 unspecified atom stereocenters. The summed E-state index contributed by atoms with van der Waals surface area (Å²) in [6.07, 6.45) is 11.7. The summed E-state index contributed by atoms with van der Waals surface area (Å²) in [4.78, 5) is 23.0. The van der Waals surface area contributed by atoms with E-state index in [-0.39, 0.29) is 24.1 Å². The molecule has 0 aromatic carbocycles. The minimum atomic E-state index is -0.290. The molecule has 0 bridgehead atoms. The Kier molecular flexibility index (Phi) is 5.93. The highest BCUT2D eigenvalue weighted by molar-refractivity contribution is 5.94. The number of hydrogen-bond donors (Lipinski definition) is 1. The number of H-pyrrole nitrogens is 1. The topological polar surface area (TPSA) is 115 Å². The van der Waals surface area contributed by atoms with E-state index in [1.165, 1.54) is 10.6 Å². The molecule has 6 rings (SSSR count). The van der Waals surface area contributed by atoms with Crippen molar-refractivity contribution in [2.24, 2.45) is 27.7 Å². The summed E-state index contributed by atoms with van der Waals surface area (Å²) in [6, 6.07) is 2.25. The number of hydroxylamine groups is 2. The van der Waals surface area contributed by atoms with Gasteiger partial charge in [0.25, 0.3) is 0 Å². The number of aromatic amines is 1. The number of ether oxygens (including phenoxy) is 1. The number of fused-ring (bicyclic) bond motifs is 2. The van der Waals surface area contributed by atoms with Crippen molar-refractivity contribution in [3.05, 3.63) is 36.1 Å². The summed E-state index contributed by atoms with van der Waals surface area (Å²) in [5.74, 6) is 2.14. The van der Waals surface area contributed by atoms with Crippen LogP contribution >= 0.6 is 0 Å². The van der Waals surface area contributed by atoms with Crippen molar-refractivity contribution in [2.45, 2.75) is 43.6 Å². The maximum absolute atomic E-state index is 13.7. The van der Waals surface area contributed by atoms with Crippen LogP contribution in [-0.2, 0) is 9.78 Å². The van der Waals surface area contributed by atoms with E-state index in [1.807, 2.05) is 6.20 Å². The molecule has 4 aliphatic rings. The first kappa shape index (κ1) is 23.1. The largest absolute Gasteiger partial charge is 0.359 e. The number of likely N-dealkylation sites (tertiary alicyclic amines) is 1. The molecule has 3 saturated carbocycles. The van der Waals surface area contributed by atoms with Crippen molar-refractivity contribution >= 4 is 23.7 Å². The van der Waals surface area contributed by atoms with E-state index in [1.54, 1.807) is 18.5 Å². The molecule has 2 aromatic heterocycles. The molecule has 0 amide bonds. The lowest BCUT2D eigenvalue weighted by molar-refractivity contribution is -0.297. The SMILES string of the molecule is C=N/C(=C\C(=N/COCC1CC1C#N)N(OF)C12CC1C2)N1CCC(c2c[nH]c3nccnc23)CC1. The van der Waals surface area contributed by atoms with E-state index in [2.05, 4.69) is 47.7 Å². The summed E-state index contributed by atoms with van der Waals surface area (Å²) in [5.41, 5.74) is 2.63. The Bertz CT molecular complexity index is 1240. The third-order valence-electron chi connectivity index (χ3n) is 8.07. The molecule has 11 heteroatoms. The van der Waals surface area contributed by atoms with Gasteiger partial charge in [0, 0.05) is 43.3 Å². The summed E-state index contributed by atoms with van der Waals surface area (Å²) < 4.78 is 19.4. The zero-order chi connectivity index (χ0) is 24.7. The number of halogens is 1. The average Bonchev–Trinajstić information content (AvgIpc) is 3.84. The number of rotatable bonds is 10. The Morgan fingerprint density at radius 3 is 2.81 bits per heavy atom. The van der Waals surface area contributed by atoms with E-state index in [4.69, 9.17) is 10.00 Å². The molecule has 2 atom stereocenters. The molecule has 1 aliphatic heterocycles. The summed E-state index contributed by atoms with van der Waals surface area (Å²) >= 11 is 0. The number of hydrogen-bond acceptors (Lipinski definition) is 8. The Morgan fingerprint density at radius 1 is 1.36 bits per heavy atom. The normalized spacial score (nSPS) is 29.6. The van der Waals surface area contributed by atoms with Crippen molar-refractivity contribution in [3.63, 3.8) is 0 Å². The van der Waals surface area contributed by atoms with Gasteiger partial charge in [0.05, 0.1) is 24.1 Å². The maximum atomic E-state index is 13.7. The van der Waals surface area contributed by atoms with Gasteiger partial charge in [0.15, 0.2) is 11.5 Å². The van der Waals surface area contributed by atoms with E-state index in [0.717, 1.165) is 56.4 Å². The maximum Gasteiger partial charge on any atom is 0.157 e. The van der Waals surface area contributed by atoms with Gasteiger partial charge in [-0.2, -0.15) is 10.3 Å². The lowest BCUT2D eigenvalue weighted by Crippen LogP contribution is -2.37. The summed E-state index contributed by atoms with van der Waals surface area (Å²) in [5, 5.41) is 14.5. The van der Waals surface area contributed by atoms with Crippen molar-refractivity contribution < 1.29 is 14.3 Å². The Morgan fingerprint density at radius 2 is 2.14 bits per heavy atom. The molecule has 3 heterocycles. The highest BCUT2D eigenvalue weighted by atomic mass is 19.3. The van der Waals surface area contributed by atoms with Crippen LogP contribution in [0.15, 0.2) is 40.5 Å². The molecule has 188 valence electrons. The Balaban J connectivity index is 1.14. The van der Waals surface area contributed by atoms with Crippen LogP contribution in [0.5, 0.6) is 0 Å². The summed E-state index contributed by atoms with van der Waals surface area (Å²) in [7, 11) is 0. The first-order valence-electron chi connectivity index (χ1n) is 12.5. The van der Waals surface area contributed by atoms with Crippen LogP contribution in [0.3, 0.4) is 0 Å². The number of nitrogens with zero attached hydrogens (tertiary/aromatic N) is 7. The van der Waals surface area contributed by atoms with Gasteiger partial charge in [-0.05, 0) is 61.1 Å². The van der Waals surface area contributed by atoms with Gasteiger partial charge in [-0.3, -0.25) is 4.98 Å². The number of nitriles is 1. The Labute approximate surface area is 208 Å². The number of aromatic nitrogens is 3. The molecule has 0 spiro atoms. The zero-order valence-electron chi connectivity index (χ0n) is 20.0. The third-order valence-corrected chi connectivity index (χ3v) is 8.07. The fourth-order valence-corrected chi connectivity index (χ4v) is 5.37. The van der Waals surface area contributed by atoms with Crippen LogP contribution in [0.25, 0.3) is 11.2 Å². The van der Waals surface area contributed by atoms with Gasteiger partial charge in [0.2, 0.25) is 0 Å². The number of piperidine rings is 1. The van der Waals surface area contributed by atoms with E-state index >= 15 is 0 Å². The third kappa shape index (κ3) is 4.24. The number of amidine groups is 1. The van der Waals surface area contributed by atoms with Crippen molar-refractivity contribution in [3.8, 4) is 6.07 Å². The standard InChI is InChI=1S/C25H29FN8O2/c1-28-21(33-6-2-16(3-7-33)20-13-31-24-23(20)29-4-5-30-24)9-22(34(36-26)25-10-19(25)11-25)32-15-35-14-18-8-17(18)12-27/h4-5,9,13,16-19H,1-3,6-8,10-11,14-15H2,(H,30,31)/b21-9+,32-22+. The van der Waals surface area contributed by atoms with E-state index in [9.17, 15) is 4.53 Å². The van der Waals surface area contributed by atoms with Crippen LogP contribution in [0.4, 0.5) is 4.53 Å². The van der Waals surface area contributed by atoms with Crippen molar-refractivity contribution in [1.82, 2.24) is 24.9 Å². The van der Waals surface area contributed by atoms with Crippen molar-refractivity contribution in [2.75, 3.05) is 26.4 Å². The molecule has 3 aliphatic carbocycles. The second-order valence-corrected chi connectivity index (χ2v) is 10.2. The van der Waals surface area contributed by atoms with Gasteiger partial charge in [-0.1, -0.05) is 5.04 Å². The molecule has 36 heavy (non-hydrogen) atoms. The van der Waals surface area contributed by atoms with Gasteiger partial charge in [0.1, 0.15) is 18.1 Å². The van der Waals surface area contributed by atoms with E-state index in [0.29, 0.717) is 30.1 Å². The van der Waals surface area contributed by atoms with Crippen LogP contribution in [0.2, 0.25) is 0 Å². The van der Waals surface area contributed by atoms with Gasteiger partial charge in [-0.25, -0.2) is 15.0 Å². The molecule has 4 fully saturated rings. The molecule has 10 nitrogen and oxygen atoms in total. The second kappa shape index (κ2) is 9.26. The van der Waals surface area contributed by atoms with E-state index < -0.39 is 0 Å². The molecular weight excluding hydrogens is 463 g/mol.